The van der Waals surface area contributed by atoms with Gasteiger partial charge in [0.15, 0.2) is 0 Å². The minimum absolute atomic E-state index is 0.0464. The van der Waals surface area contributed by atoms with Crippen LogP contribution in [0.5, 0.6) is 0 Å². The smallest absolute Gasteiger partial charge is 0.317 e. The van der Waals surface area contributed by atoms with Crippen LogP contribution < -0.4 is 4.72 Å². The third kappa shape index (κ3) is 4.32. The fourth-order valence-electron chi connectivity index (χ4n) is 2.95. The lowest BCUT2D eigenvalue weighted by molar-refractivity contribution is -0.139. The lowest BCUT2D eigenvalue weighted by Gasteiger charge is -2.42. The van der Waals surface area contributed by atoms with Crippen molar-refractivity contribution in [1.29, 1.82) is 0 Å². The SMILES string of the molecule is Cc1csc(S(=O)(=O)NC2CC(N(CC(=O)O)CC3CC3)C2)c1. The number of aliphatic carboxylic acids is 1. The van der Waals surface area contributed by atoms with Gasteiger partial charge < -0.3 is 5.11 Å². The molecule has 1 heterocycles. The summed E-state index contributed by atoms with van der Waals surface area (Å²) in [6.07, 6.45) is 3.72. The molecule has 2 fully saturated rings. The Labute approximate surface area is 140 Å². The maximum atomic E-state index is 12.3. The van der Waals surface area contributed by atoms with E-state index in [2.05, 4.69) is 4.72 Å². The molecule has 0 aromatic carbocycles. The maximum Gasteiger partial charge on any atom is 0.317 e. The standard InChI is InChI=1S/C15H22N2O4S2/c1-10-4-15(22-9-10)23(20,21)16-12-5-13(6-12)17(8-14(18)19)7-11-2-3-11/h4,9,11-13,16H,2-3,5-8H2,1H3,(H,18,19). The van der Waals surface area contributed by atoms with E-state index >= 15 is 0 Å². The zero-order valence-corrected chi connectivity index (χ0v) is 14.7. The van der Waals surface area contributed by atoms with E-state index in [-0.39, 0.29) is 18.6 Å². The molecule has 0 atom stereocenters. The van der Waals surface area contributed by atoms with E-state index < -0.39 is 16.0 Å². The van der Waals surface area contributed by atoms with Crippen LogP contribution in [0.3, 0.4) is 0 Å². The van der Waals surface area contributed by atoms with E-state index in [9.17, 15) is 13.2 Å². The Hall–Kier alpha value is -0.960. The van der Waals surface area contributed by atoms with Gasteiger partial charge in [-0.1, -0.05) is 0 Å². The highest BCUT2D eigenvalue weighted by atomic mass is 32.2. The van der Waals surface area contributed by atoms with Gasteiger partial charge >= 0.3 is 5.97 Å². The van der Waals surface area contributed by atoms with Crippen LogP contribution in [0.25, 0.3) is 0 Å². The number of nitrogens with zero attached hydrogens (tertiary/aromatic N) is 1. The molecule has 0 saturated heterocycles. The fraction of sp³-hybridized carbons (Fsp3) is 0.667. The molecule has 2 N–H and O–H groups in total. The average Bonchev–Trinajstić information content (AvgIpc) is 3.10. The normalized spacial score (nSPS) is 24.6. The Morgan fingerprint density at radius 1 is 1.43 bits per heavy atom. The molecule has 0 spiro atoms. The summed E-state index contributed by atoms with van der Waals surface area (Å²) in [7, 11) is -3.45. The number of carboxylic acids is 1. The predicted molar refractivity (Wildman–Crippen MR) is 88.1 cm³/mol. The Bertz CT molecular complexity index is 675. The predicted octanol–water partition coefficient (Wildman–Crippen LogP) is 1.66. The lowest BCUT2D eigenvalue weighted by Crippen LogP contribution is -2.55. The van der Waals surface area contributed by atoms with Crippen LogP contribution >= 0.6 is 11.3 Å². The van der Waals surface area contributed by atoms with E-state index in [0.29, 0.717) is 23.0 Å². The summed E-state index contributed by atoms with van der Waals surface area (Å²) in [5.74, 6) is -0.192. The van der Waals surface area contributed by atoms with Crippen LogP contribution in [-0.4, -0.2) is 49.6 Å². The van der Waals surface area contributed by atoms with Crippen LogP contribution in [0.2, 0.25) is 0 Å². The average molecular weight is 358 g/mol. The van der Waals surface area contributed by atoms with Crippen LogP contribution in [-0.2, 0) is 14.8 Å². The van der Waals surface area contributed by atoms with Crippen molar-refractivity contribution in [3.8, 4) is 0 Å². The molecule has 0 amide bonds. The van der Waals surface area contributed by atoms with Crippen molar-refractivity contribution in [2.75, 3.05) is 13.1 Å². The molecule has 1 aromatic rings. The van der Waals surface area contributed by atoms with Crippen molar-refractivity contribution in [3.05, 3.63) is 17.0 Å². The number of sulfonamides is 1. The van der Waals surface area contributed by atoms with Crippen molar-refractivity contribution >= 4 is 27.3 Å². The minimum atomic E-state index is -3.45. The summed E-state index contributed by atoms with van der Waals surface area (Å²) in [5, 5.41) is 10.9. The summed E-state index contributed by atoms with van der Waals surface area (Å²) >= 11 is 1.23. The number of carbonyl (C=O) groups is 1. The monoisotopic (exact) mass is 358 g/mol. The zero-order chi connectivity index (χ0) is 16.6. The van der Waals surface area contributed by atoms with Crippen LogP contribution in [0.15, 0.2) is 15.7 Å². The van der Waals surface area contributed by atoms with E-state index in [4.69, 9.17) is 5.11 Å². The van der Waals surface area contributed by atoms with E-state index in [0.717, 1.165) is 12.1 Å². The first-order valence-electron chi connectivity index (χ1n) is 7.87. The molecule has 0 radical (unpaired) electrons. The molecule has 0 aliphatic heterocycles. The topological polar surface area (TPSA) is 86.7 Å². The van der Waals surface area contributed by atoms with Crippen molar-refractivity contribution in [3.63, 3.8) is 0 Å². The number of aryl methyl sites for hydroxylation is 1. The Balaban J connectivity index is 1.54. The lowest BCUT2D eigenvalue weighted by atomic mass is 9.86. The Kier molecular flexibility index (Phi) is 4.78. The summed E-state index contributed by atoms with van der Waals surface area (Å²) in [6.45, 7) is 2.74. The molecule has 0 unspecified atom stereocenters. The maximum absolute atomic E-state index is 12.3. The molecule has 2 aliphatic carbocycles. The fourth-order valence-corrected chi connectivity index (χ4v) is 5.46. The van der Waals surface area contributed by atoms with Crippen LogP contribution in [0.4, 0.5) is 0 Å². The number of hydrogen-bond acceptors (Lipinski definition) is 5. The first kappa shape index (κ1) is 16.9. The molecule has 2 aliphatic rings. The Morgan fingerprint density at radius 2 is 2.13 bits per heavy atom. The number of hydrogen-bond donors (Lipinski definition) is 2. The van der Waals surface area contributed by atoms with Gasteiger partial charge in [-0.3, -0.25) is 9.69 Å². The number of thiophene rings is 1. The van der Waals surface area contributed by atoms with Gasteiger partial charge in [0.2, 0.25) is 10.0 Å². The van der Waals surface area contributed by atoms with Gasteiger partial charge in [0.05, 0.1) is 6.54 Å². The first-order chi connectivity index (χ1) is 10.8. The minimum Gasteiger partial charge on any atom is -0.480 e. The molecule has 8 heteroatoms. The van der Waals surface area contributed by atoms with Gasteiger partial charge in [-0.05, 0) is 55.5 Å². The van der Waals surface area contributed by atoms with Crippen molar-refractivity contribution in [2.24, 2.45) is 5.92 Å². The molecule has 2 saturated carbocycles. The van der Waals surface area contributed by atoms with E-state index in [1.54, 1.807) is 6.07 Å². The van der Waals surface area contributed by atoms with E-state index in [1.165, 1.54) is 24.2 Å². The van der Waals surface area contributed by atoms with Gasteiger partial charge in [0.1, 0.15) is 4.21 Å². The Morgan fingerprint density at radius 3 is 2.65 bits per heavy atom. The highest BCUT2D eigenvalue weighted by molar-refractivity contribution is 7.91. The molecule has 128 valence electrons. The van der Waals surface area contributed by atoms with Gasteiger partial charge in [0, 0.05) is 18.6 Å². The third-order valence-corrected chi connectivity index (χ3v) is 7.53. The second-order valence-corrected chi connectivity index (χ2v) is 9.51. The molecular weight excluding hydrogens is 336 g/mol. The molecular formula is C15H22N2O4S2. The molecule has 0 bridgehead atoms. The van der Waals surface area contributed by atoms with Gasteiger partial charge in [-0.15, -0.1) is 11.3 Å². The quantitative estimate of drug-likeness (QED) is 0.738. The van der Waals surface area contributed by atoms with Crippen molar-refractivity contribution < 1.29 is 18.3 Å². The van der Waals surface area contributed by atoms with Gasteiger partial charge in [-0.25, -0.2) is 13.1 Å². The highest BCUT2D eigenvalue weighted by Crippen LogP contribution is 2.34. The second kappa shape index (κ2) is 6.51. The van der Waals surface area contributed by atoms with E-state index in [1.807, 2.05) is 17.2 Å². The molecule has 6 nitrogen and oxygen atoms in total. The molecule has 1 aromatic heterocycles. The summed E-state index contributed by atoms with van der Waals surface area (Å²) < 4.78 is 27.6. The summed E-state index contributed by atoms with van der Waals surface area (Å²) in [5.41, 5.74) is 0.943. The largest absolute Gasteiger partial charge is 0.480 e. The first-order valence-corrected chi connectivity index (χ1v) is 10.2. The number of nitrogens with one attached hydrogen (secondary N) is 1. The zero-order valence-electron chi connectivity index (χ0n) is 13.1. The van der Waals surface area contributed by atoms with Crippen LogP contribution in [0, 0.1) is 12.8 Å². The van der Waals surface area contributed by atoms with Gasteiger partial charge in [-0.2, -0.15) is 0 Å². The number of rotatable bonds is 8. The highest BCUT2D eigenvalue weighted by Gasteiger charge is 2.39. The van der Waals surface area contributed by atoms with Crippen molar-refractivity contribution in [1.82, 2.24) is 9.62 Å². The molecule has 3 rings (SSSR count). The number of carboxylic acid groups (broad SMARTS) is 1. The summed E-state index contributed by atoms with van der Waals surface area (Å²) in [4.78, 5) is 13.0. The third-order valence-electron chi connectivity index (χ3n) is 4.45. The summed E-state index contributed by atoms with van der Waals surface area (Å²) in [6, 6.07) is 1.75. The van der Waals surface area contributed by atoms with Crippen LogP contribution in [0.1, 0.15) is 31.2 Å². The second-order valence-electron chi connectivity index (χ2n) is 6.65. The molecule has 23 heavy (non-hydrogen) atoms. The van der Waals surface area contributed by atoms with Gasteiger partial charge in [0.25, 0.3) is 0 Å². The van der Waals surface area contributed by atoms with Crippen molar-refractivity contribution in [2.45, 2.75) is 48.9 Å².